The lowest BCUT2D eigenvalue weighted by Gasteiger charge is -2.18. The standard InChI is InChI=1S/C29H23ClO9/c1-12-8-6-7-9-15(12)21-24(28(34)35)23(27(32)33)20(17(29(36)38-5)11-19(31)37-4)22-16-10-18(30)13(2)14(3)25(16)39-26(21)22/h6-11H,1-5H3,(H,32,33)(H,34,35)/b17-11-. The number of aromatic carboxylic acids is 2. The van der Waals surface area contributed by atoms with Crippen LogP contribution in [0.15, 0.2) is 40.8 Å². The van der Waals surface area contributed by atoms with E-state index >= 15 is 0 Å². The maximum Gasteiger partial charge on any atom is 0.338 e. The number of carbonyl (C=O) groups is 4. The Hall–Kier alpha value is -4.63. The van der Waals surface area contributed by atoms with Crippen LogP contribution in [0.25, 0.3) is 38.6 Å². The summed E-state index contributed by atoms with van der Waals surface area (Å²) in [4.78, 5) is 51.0. The lowest BCUT2D eigenvalue weighted by Crippen LogP contribution is -2.17. The van der Waals surface area contributed by atoms with Crippen LogP contribution in [0, 0.1) is 20.8 Å². The van der Waals surface area contributed by atoms with Gasteiger partial charge >= 0.3 is 23.9 Å². The van der Waals surface area contributed by atoms with E-state index in [0.29, 0.717) is 38.2 Å². The molecule has 9 nitrogen and oxygen atoms in total. The molecule has 0 saturated carbocycles. The van der Waals surface area contributed by atoms with E-state index in [-0.39, 0.29) is 22.1 Å². The molecule has 0 amide bonds. The molecular weight excluding hydrogens is 528 g/mol. The summed E-state index contributed by atoms with van der Waals surface area (Å²) in [5.74, 6) is -5.31. The van der Waals surface area contributed by atoms with E-state index in [0.717, 1.165) is 20.3 Å². The highest BCUT2D eigenvalue weighted by molar-refractivity contribution is 6.35. The summed E-state index contributed by atoms with van der Waals surface area (Å²) in [6, 6.07) is 8.37. The minimum Gasteiger partial charge on any atom is -0.478 e. The largest absolute Gasteiger partial charge is 0.478 e. The van der Waals surface area contributed by atoms with Gasteiger partial charge in [0.15, 0.2) is 0 Å². The Morgan fingerprint density at radius 2 is 1.51 bits per heavy atom. The number of aryl methyl sites for hydroxylation is 2. The first kappa shape index (κ1) is 27.4. The average molecular weight is 551 g/mol. The third kappa shape index (κ3) is 4.40. The highest BCUT2D eigenvalue weighted by Crippen LogP contribution is 2.47. The van der Waals surface area contributed by atoms with E-state index in [1.165, 1.54) is 0 Å². The molecule has 2 N–H and O–H groups in total. The number of carboxylic acid groups (broad SMARTS) is 2. The first-order valence-electron chi connectivity index (χ1n) is 11.6. The molecule has 39 heavy (non-hydrogen) atoms. The van der Waals surface area contributed by atoms with Crippen molar-refractivity contribution in [3.8, 4) is 11.1 Å². The minimum absolute atomic E-state index is 0.00105. The van der Waals surface area contributed by atoms with Gasteiger partial charge in [0, 0.05) is 33.0 Å². The topological polar surface area (TPSA) is 140 Å². The molecule has 200 valence electrons. The maximum absolute atomic E-state index is 13.0. The van der Waals surface area contributed by atoms with E-state index in [1.807, 2.05) is 0 Å². The average Bonchev–Trinajstić information content (AvgIpc) is 3.28. The van der Waals surface area contributed by atoms with Crippen molar-refractivity contribution >= 4 is 63.0 Å². The molecule has 0 atom stereocenters. The van der Waals surface area contributed by atoms with Crippen LogP contribution in [0.3, 0.4) is 0 Å². The second-order valence-corrected chi connectivity index (χ2v) is 9.20. The fourth-order valence-electron chi connectivity index (χ4n) is 4.68. The molecule has 0 aliphatic rings. The molecule has 3 aromatic carbocycles. The zero-order valence-corrected chi connectivity index (χ0v) is 22.4. The third-order valence-corrected chi connectivity index (χ3v) is 7.08. The van der Waals surface area contributed by atoms with Crippen LogP contribution in [0.4, 0.5) is 0 Å². The van der Waals surface area contributed by atoms with Gasteiger partial charge in [-0.05, 0) is 49.1 Å². The van der Waals surface area contributed by atoms with Crippen molar-refractivity contribution in [2.45, 2.75) is 20.8 Å². The fraction of sp³-hybridized carbons (Fsp3) is 0.172. The van der Waals surface area contributed by atoms with Crippen molar-refractivity contribution < 1.29 is 43.3 Å². The molecule has 0 aliphatic heterocycles. The molecule has 10 heteroatoms. The second-order valence-electron chi connectivity index (χ2n) is 8.79. The summed E-state index contributed by atoms with van der Waals surface area (Å²) in [5.41, 5.74) is 0.432. The smallest absolute Gasteiger partial charge is 0.338 e. The molecule has 0 spiro atoms. The number of methoxy groups -OCH3 is 2. The van der Waals surface area contributed by atoms with Gasteiger partial charge in [-0.15, -0.1) is 0 Å². The normalized spacial score (nSPS) is 11.6. The van der Waals surface area contributed by atoms with Gasteiger partial charge in [-0.2, -0.15) is 0 Å². The number of hydrogen-bond acceptors (Lipinski definition) is 7. The molecule has 0 bridgehead atoms. The first-order chi connectivity index (χ1) is 18.4. The van der Waals surface area contributed by atoms with Crippen LogP contribution < -0.4 is 0 Å². The van der Waals surface area contributed by atoms with Gasteiger partial charge in [0.05, 0.1) is 30.9 Å². The minimum atomic E-state index is -1.65. The molecule has 0 radical (unpaired) electrons. The van der Waals surface area contributed by atoms with Crippen molar-refractivity contribution in [2.24, 2.45) is 0 Å². The molecule has 4 rings (SSSR count). The van der Waals surface area contributed by atoms with E-state index in [2.05, 4.69) is 4.74 Å². The Morgan fingerprint density at radius 1 is 0.872 bits per heavy atom. The van der Waals surface area contributed by atoms with Crippen LogP contribution in [0.1, 0.15) is 43.0 Å². The van der Waals surface area contributed by atoms with E-state index in [1.54, 1.807) is 51.1 Å². The van der Waals surface area contributed by atoms with Crippen molar-refractivity contribution in [1.29, 1.82) is 0 Å². The van der Waals surface area contributed by atoms with E-state index < -0.39 is 40.6 Å². The number of carbonyl (C=O) groups excluding carboxylic acids is 2. The molecule has 0 fully saturated rings. The van der Waals surface area contributed by atoms with Crippen LogP contribution in [-0.2, 0) is 19.1 Å². The molecule has 0 saturated heterocycles. The number of carboxylic acids is 2. The zero-order valence-electron chi connectivity index (χ0n) is 21.6. The predicted molar refractivity (Wildman–Crippen MR) is 144 cm³/mol. The van der Waals surface area contributed by atoms with E-state index in [9.17, 15) is 29.4 Å². The van der Waals surface area contributed by atoms with E-state index in [4.69, 9.17) is 20.8 Å². The molecule has 0 unspecified atom stereocenters. The summed E-state index contributed by atoms with van der Waals surface area (Å²) in [7, 11) is 2.12. The number of fused-ring (bicyclic) bond motifs is 3. The fourth-order valence-corrected chi connectivity index (χ4v) is 4.94. The maximum atomic E-state index is 13.0. The van der Waals surface area contributed by atoms with Gasteiger partial charge in [-0.1, -0.05) is 35.9 Å². The summed E-state index contributed by atoms with van der Waals surface area (Å²) >= 11 is 6.51. The summed E-state index contributed by atoms with van der Waals surface area (Å²) < 4.78 is 15.9. The van der Waals surface area contributed by atoms with Gasteiger partial charge < -0.3 is 24.1 Å². The lowest BCUT2D eigenvalue weighted by molar-refractivity contribution is -0.136. The number of furan rings is 1. The lowest BCUT2D eigenvalue weighted by atomic mass is 9.84. The van der Waals surface area contributed by atoms with Gasteiger partial charge in [-0.3, -0.25) is 0 Å². The Labute approximate surface area is 227 Å². The zero-order chi connectivity index (χ0) is 28.8. The predicted octanol–water partition coefficient (Wildman–Crippen LogP) is 5.96. The Kier molecular flexibility index (Phi) is 7.21. The third-order valence-electron chi connectivity index (χ3n) is 6.68. The molecular formula is C29H23ClO9. The number of rotatable bonds is 6. The SMILES string of the molecule is COC(=O)/C=C(\C(=O)OC)c1c(C(=O)O)c(C(=O)O)c(-c2ccccc2C)c2oc3c(C)c(C)c(Cl)cc3c12. The highest BCUT2D eigenvalue weighted by atomic mass is 35.5. The number of ether oxygens (including phenoxy) is 2. The molecule has 0 aliphatic carbocycles. The van der Waals surface area contributed by atoms with Crippen LogP contribution in [0.2, 0.25) is 5.02 Å². The van der Waals surface area contributed by atoms with Crippen molar-refractivity contribution in [1.82, 2.24) is 0 Å². The number of esters is 2. The van der Waals surface area contributed by atoms with Crippen molar-refractivity contribution in [3.63, 3.8) is 0 Å². The number of hydrogen-bond donors (Lipinski definition) is 2. The van der Waals surface area contributed by atoms with Gasteiger partial charge in [0.25, 0.3) is 0 Å². The van der Waals surface area contributed by atoms with Crippen LogP contribution in [0.5, 0.6) is 0 Å². The van der Waals surface area contributed by atoms with Crippen LogP contribution >= 0.6 is 11.6 Å². The molecule has 1 aromatic heterocycles. The Bertz CT molecular complexity index is 1760. The first-order valence-corrected chi connectivity index (χ1v) is 11.9. The van der Waals surface area contributed by atoms with Gasteiger partial charge in [-0.25, -0.2) is 19.2 Å². The summed E-state index contributed by atoms with van der Waals surface area (Å²) in [5, 5.41) is 21.6. The summed E-state index contributed by atoms with van der Waals surface area (Å²) in [6.07, 6.45) is 0.758. The Balaban J connectivity index is 2.47. The quantitative estimate of drug-likeness (QED) is 0.220. The highest BCUT2D eigenvalue weighted by Gasteiger charge is 2.36. The summed E-state index contributed by atoms with van der Waals surface area (Å²) in [6.45, 7) is 5.27. The van der Waals surface area contributed by atoms with Crippen molar-refractivity contribution in [2.75, 3.05) is 14.2 Å². The van der Waals surface area contributed by atoms with Gasteiger partial charge in [0.1, 0.15) is 11.2 Å². The molecule has 1 heterocycles. The van der Waals surface area contributed by atoms with Gasteiger partial charge in [0.2, 0.25) is 0 Å². The molecule has 4 aromatic rings. The number of halogens is 1. The van der Waals surface area contributed by atoms with Crippen molar-refractivity contribution in [3.05, 3.63) is 74.8 Å². The number of benzene rings is 3. The van der Waals surface area contributed by atoms with Crippen LogP contribution in [-0.4, -0.2) is 48.3 Å². The second kappa shape index (κ2) is 10.3. The monoisotopic (exact) mass is 550 g/mol. The Morgan fingerprint density at radius 3 is 2.08 bits per heavy atom.